The molecule has 0 bridgehead atoms. The first-order valence-electron chi connectivity index (χ1n) is 8.50. The summed E-state index contributed by atoms with van der Waals surface area (Å²) in [5, 5.41) is 2.80. The molecule has 6 heteroatoms. The van der Waals surface area contributed by atoms with Gasteiger partial charge in [-0.3, -0.25) is 9.59 Å². The van der Waals surface area contributed by atoms with Crippen LogP contribution in [0.3, 0.4) is 0 Å². The van der Waals surface area contributed by atoms with Crippen molar-refractivity contribution in [1.29, 1.82) is 0 Å². The number of carbonyl (C=O) groups is 2. The number of likely N-dealkylation sites (tertiary alicyclic amines) is 1. The zero-order valence-electron chi connectivity index (χ0n) is 13.7. The van der Waals surface area contributed by atoms with Gasteiger partial charge in [-0.05, 0) is 38.7 Å². The number of amides is 2. The van der Waals surface area contributed by atoms with Crippen LogP contribution in [0.1, 0.15) is 44.2 Å². The van der Waals surface area contributed by atoms with Crippen molar-refractivity contribution < 1.29 is 18.4 Å². The highest BCUT2D eigenvalue weighted by Crippen LogP contribution is 2.32. The molecule has 2 fully saturated rings. The number of carbonyl (C=O) groups excluding carboxylic acids is 2. The average Bonchev–Trinajstić information content (AvgIpc) is 3.39. The van der Waals surface area contributed by atoms with E-state index >= 15 is 0 Å². The predicted octanol–water partition coefficient (Wildman–Crippen LogP) is 2.79. The molecule has 0 unspecified atom stereocenters. The van der Waals surface area contributed by atoms with Crippen LogP contribution in [0, 0.1) is 23.5 Å². The second kappa shape index (κ2) is 6.87. The standard InChI is InChI=1S/C18H22F2N2O2/c1-11(15-5-4-14(19)10-16(15)20)21-17(23)12-6-8-22(9-7-12)18(24)13-2-3-13/h4-5,10-13H,2-3,6-9H2,1H3,(H,21,23)/t11-/m0/s1. The molecule has 2 amide bonds. The van der Waals surface area contributed by atoms with Crippen molar-refractivity contribution in [2.75, 3.05) is 13.1 Å². The number of hydrogen-bond donors (Lipinski definition) is 1. The molecule has 4 nitrogen and oxygen atoms in total. The topological polar surface area (TPSA) is 49.4 Å². The lowest BCUT2D eigenvalue weighted by Gasteiger charge is -2.32. The van der Waals surface area contributed by atoms with Crippen LogP contribution in [0.5, 0.6) is 0 Å². The maximum atomic E-state index is 13.8. The first-order valence-corrected chi connectivity index (χ1v) is 8.50. The Balaban J connectivity index is 1.52. The maximum absolute atomic E-state index is 13.8. The number of benzene rings is 1. The Kier molecular flexibility index (Phi) is 4.83. The predicted molar refractivity (Wildman–Crippen MR) is 84.9 cm³/mol. The van der Waals surface area contributed by atoms with Crippen LogP contribution in [-0.4, -0.2) is 29.8 Å². The molecular formula is C18H22F2N2O2. The van der Waals surface area contributed by atoms with Gasteiger partial charge in [0.05, 0.1) is 6.04 Å². The van der Waals surface area contributed by atoms with Gasteiger partial charge in [0.2, 0.25) is 11.8 Å². The third kappa shape index (κ3) is 3.74. The highest BCUT2D eigenvalue weighted by atomic mass is 19.1. The van der Waals surface area contributed by atoms with Gasteiger partial charge in [0, 0.05) is 36.6 Å². The highest BCUT2D eigenvalue weighted by molar-refractivity contribution is 5.82. The van der Waals surface area contributed by atoms with Gasteiger partial charge in [-0.15, -0.1) is 0 Å². The van der Waals surface area contributed by atoms with E-state index in [9.17, 15) is 18.4 Å². The second-order valence-corrected chi connectivity index (χ2v) is 6.77. The van der Waals surface area contributed by atoms with E-state index in [1.165, 1.54) is 12.1 Å². The monoisotopic (exact) mass is 336 g/mol. The maximum Gasteiger partial charge on any atom is 0.225 e. The van der Waals surface area contributed by atoms with Crippen molar-refractivity contribution in [1.82, 2.24) is 10.2 Å². The summed E-state index contributed by atoms with van der Waals surface area (Å²) in [5.74, 6) is -1.17. The molecular weight excluding hydrogens is 314 g/mol. The zero-order chi connectivity index (χ0) is 17.3. The lowest BCUT2D eigenvalue weighted by Crippen LogP contribution is -2.44. The van der Waals surface area contributed by atoms with E-state index in [0.717, 1.165) is 18.9 Å². The summed E-state index contributed by atoms with van der Waals surface area (Å²) in [6.07, 6.45) is 3.23. The Morgan fingerprint density at radius 2 is 1.79 bits per heavy atom. The molecule has 1 aliphatic heterocycles. The molecule has 1 heterocycles. The van der Waals surface area contributed by atoms with E-state index in [1.54, 1.807) is 6.92 Å². The fourth-order valence-corrected chi connectivity index (χ4v) is 3.21. The summed E-state index contributed by atoms with van der Waals surface area (Å²) in [5.41, 5.74) is 0.270. The van der Waals surface area contributed by atoms with Crippen LogP contribution in [0.4, 0.5) is 8.78 Å². The Morgan fingerprint density at radius 3 is 2.38 bits per heavy atom. The minimum atomic E-state index is -0.660. The SMILES string of the molecule is C[C@H](NC(=O)C1CCN(C(=O)C2CC2)CC1)c1ccc(F)cc1F. The van der Waals surface area contributed by atoms with Crippen LogP contribution < -0.4 is 5.32 Å². The minimum Gasteiger partial charge on any atom is -0.349 e. The van der Waals surface area contributed by atoms with Crippen LogP contribution in [-0.2, 0) is 9.59 Å². The Hall–Kier alpha value is -1.98. The van der Waals surface area contributed by atoms with Gasteiger partial charge in [0.1, 0.15) is 11.6 Å². The molecule has 1 saturated carbocycles. The highest BCUT2D eigenvalue weighted by Gasteiger charge is 2.36. The van der Waals surface area contributed by atoms with Crippen LogP contribution in [0.2, 0.25) is 0 Å². The summed E-state index contributed by atoms with van der Waals surface area (Å²) in [7, 11) is 0. The fourth-order valence-electron chi connectivity index (χ4n) is 3.21. The van der Waals surface area contributed by atoms with Crippen LogP contribution in [0.15, 0.2) is 18.2 Å². The van der Waals surface area contributed by atoms with E-state index in [2.05, 4.69) is 5.32 Å². The quantitative estimate of drug-likeness (QED) is 0.919. The molecule has 24 heavy (non-hydrogen) atoms. The lowest BCUT2D eigenvalue weighted by molar-refractivity contribution is -0.136. The number of nitrogens with one attached hydrogen (secondary N) is 1. The van der Waals surface area contributed by atoms with E-state index in [0.29, 0.717) is 25.9 Å². The molecule has 0 aromatic heterocycles. The summed E-state index contributed by atoms with van der Waals surface area (Å²) in [6, 6.07) is 2.83. The molecule has 2 aliphatic rings. The number of hydrogen-bond acceptors (Lipinski definition) is 2. The minimum absolute atomic E-state index is 0.134. The zero-order valence-corrected chi connectivity index (χ0v) is 13.7. The first-order chi connectivity index (χ1) is 11.5. The van der Waals surface area contributed by atoms with Crippen LogP contribution >= 0.6 is 0 Å². The normalized spacial score (nSPS) is 19.9. The third-order valence-electron chi connectivity index (χ3n) is 4.89. The van der Waals surface area contributed by atoms with Crippen LogP contribution in [0.25, 0.3) is 0 Å². The molecule has 0 spiro atoms. The van der Waals surface area contributed by atoms with Gasteiger partial charge in [-0.1, -0.05) is 6.07 Å². The smallest absolute Gasteiger partial charge is 0.225 e. The molecule has 1 saturated heterocycles. The van der Waals surface area contributed by atoms with Crippen molar-refractivity contribution in [3.63, 3.8) is 0 Å². The number of rotatable bonds is 4. The molecule has 1 N–H and O–H groups in total. The van der Waals surface area contributed by atoms with E-state index in [4.69, 9.17) is 0 Å². The van der Waals surface area contributed by atoms with Crippen molar-refractivity contribution in [2.24, 2.45) is 11.8 Å². The van der Waals surface area contributed by atoms with Crippen molar-refractivity contribution in [3.8, 4) is 0 Å². The van der Waals surface area contributed by atoms with Crippen molar-refractivity contribution in [3.05, 3.63) is 35.4 Å². The van der Waals surface area contributed by atoms with Gasteiger partial charge in [0.15, 0.2) is 0 Å². The number of nitrogens with zero attached hydrogens (tertiary/aromatic N) is 1. The number of halogens is 2. The average molecular weight is 336 g/mol. The van der Waals surface area contributed by atoms with E-state index in [-0.39, 0.29) is 29.2 Å². The van der Waals surface area contributed by atoms with Crippen molar-refractivity contribution in [2.45, 2.75) is 38.6 Å². The Labute approximate surface area is 140 Å². The fraction of sp³-hybridized carbons (Fsp3) is 0.556. The van der Waals surface area contributed by atoms with Crippen molar-refractivity contribution >= 4 is 11.8 Å². The summed E-state index contributed by atoms with van der Waals surface area (Å²) < 4.78 is 26.7. The molecule has 1 aliphatic carbocycles. The summed E-state index contributed by atoms with van der Waals surface area (Å²) in [6.45, 7) is 2.89. The van der Waals surface area contributed by atoms with Gasteiger partial charge in [-0.25, -0.2) is 8.78 Å². The van der Waals surface area contributed by atoms with Gasteiger partial charge in [-0.2, -0.15) is 0 Å². The van der Waals surface area contributed by atoms with Gasteiger partial charge >= 0.3 is 0 Å². The van der Waals surface area contributed by atoms with Gasteiger partial charge < -0.3 is 10.2 Å². The molecule has 3 rings (SSSR count). The summed E-state index contributed by atoms with van der Waals surface area (Å²) >= 11 is 0. The molecule has 1 aromatic rings. The largest absolute Gasteiger partial charge is 0.349 e. The Morgan fingerprint density at radius 1 is 1.12 bits per heavy atom. The molecule has 0 radical (unpaired) electrons. The third-order valence-corrected chi connectivity index (χ3v) is 4.89. The van der Waals surface area contributed by atoms with E-state index in [1.807, 2.05) is 4.90 Å². The summed E-state index contributed by atoms with van der Waals surface area (Å²) in [4.78, 5) is 26.2. The van der Waals surface area contributed by atoms with Gasteiger partial charge in [0.25, 0.3) is 0 Å². The van der Waals surface area contributed by atoms with E-state index < -0.39 is 17.7 Å². The molecule has 1 atom stereocenters. The molecule has 130 valence electrons. The Bertz CT molecular complexity index is 638. The molecule has 1 aromatic carbocycles. The first kappa shape index (κ1) is 16.9. The lowest BCUT2D eigenvalue weighted by atomic mass is 9.95. The second-order valence-electron chi connectivity index (χ2n) is 6.77. The number of piperidine rings is 1.